The van der Waals surface area contributed by atoms with Gasteiger partial charge in [0.15, 0.2) is 0 Å². The first kappa shape index (κ1) is 43.4. The van der Waals surface area contributed by atoms with Crippen LogP contribution in [0.2, 0.25) is 0 Å². The summed E-state index contributed by atoms with van der Waals surface area (Å²) >= 11 is 10.4. The molecule has 1 aromatic heterocycles. The number of nitrogens with zero attached hydrogens (tertiary/aromatic N) is 2. The van der Waals surface area contributed by atoms with E-state index in [4.69, 9.17) is 13.6 Å². The fourth-order valence-electron chi connectivity index (χ4n) is 6.41. The van der Waals surface area contributed by atoms with Crippen LogP contribution in [0.1, 0.15) is 38.8 Å². The third-order valence-corrected chi connectivity index (χ3v) is 11.7. The number of rotatable bonds is 9. The minimum atomic E-state index is -1.06. The molecule has 290 valence electrons. The molecule has 56 heavy (non-hydrogen) atoms. The number of para-hydroxylation sites is 2. The number of halogens is 3. The molecule has 0 radical (unpaired) electrons. The number of aryl methyl sites for hydroxylation is 1. The van der Waals surface area contributed by atoms with E-state index in [1.54, 1.807) is 18.2 Å². The van der Waals surface area contributed by atoms with E-state index in [-0.39, 0.29) is 10.6 Å². The Morgan fingerprint density at radius 2 is 1.12 bits per heavy atom. The summed E-state index contributed by atoms with van der Waals surface area (Å²) in [6, 6.07) is 44.4. The second-order valence-electron chi connectivity index (χ2n) is 12.3. The van der Waals surface area contributed by atoms with Crippen molar-refractivity contribution in [1.82, 2.24) is 4.57 Å². The predicted octanol–water partition coefficient (Wildman–Crippen LogP) is 14.9. The van der Waals surface area contributed by atoms with Gasteiger partial charge in [-0.1, -0.05) is 127 Å². The van der Waals surface area contributed by atoms with Gasteiger partial charge in [0.25, 0.3) is 5.69 Å². The fourth-order valence-corrected chi connectivity index (χ4v) is 8.29. The minimum absolute atomic E-state index is 0.129. The van der Waals surface area contributed by atoms with Gasteiger partial charge >= 0.3 is 8.60 Å². The molecule has 1 aliphatic rings. The van der Waals surface area contributed by atoms with E-state index in [1.165, 1.54) is 54.6 Å². The lowest BCUT2D eigenvalue weighted by Crippen LogP contribution is -1.94. The molecule has 6 aromatic carbocycles. The van der Waals surface area contributed by atoms with Crippen molar-refractivity contribution in [2.24, 2.45) is 0 Å². The molecule has 0 aliphatic heterocycles. The Labute approximate surface area is 355 Å². The van der Waals surface area contributed by atoms with Crippen molar-refractivity contribution in [2.45, 2.75) is 40.7 Å². The Kier molecular flexibility index (Phi) is 16.8. The van der Waals surface area contributed by atoms with Gasteiger partial charge in [0.2, 0.25) is 0 Å². The van der Waals surface area contributed by atoms with Crippen LogP contribution in [0.5, 0.6) is 0 Å². The Morgan fingerprint density at radius 1 is 0.589 bits per heavy atom. The van der Waals surface area contributed by atoms with Gasteiger partial charge in [-0.25, -0.2) is 0 Å². The normalized spacial score (nSPS) is 11.1. The van der Waals surface area contributed by atoms with E-state index in [0.717, 1.165) is 27.5 Å². The van der Waals surface area contributed by atoms with Crippen LogP contribution in [0.25, 0.3) is 44.1 Å². The van der Waals surface area contributed by atoms with Crippen LogP contribution >= 0.6 is 56.4 Å². The lowest BCUT2D eigenvalue weighted by Gasteiger charge is -2.12. The van der Waals surface area contributed by atoms with E-state index in [0.29, 0.717) is 25.4 Å². The van der Waals surface area contributed by atoms with Crippen molar-refractivity contribution in [2.75, 3.05) is 19.8 Å². The molecule has 0 unspecified atom stereocenters. The summed E-state index contributed by atoms with van der Waals surface area (Å²) in [5.74, 6) is 0. The van der Waals surface area contributed by atoms with Crippen LogP contribution in [-0.4, -0.2) is 29.3 Å². The lowest BCUT2D eigenvalue weighted by atomic mass is 10.0. The molecule has 7 nitrogen and oxygen atoms in total. The van der Waals surface area contributed by atoms with Crippen LogP contribution in [0.15, 0.2) is 147 Å². The molecule has 0 spiro atoms. The number of nitro groups is 1. The van der Waals surface area contributed by atoms with E-state index in [1.807, 2.05) is 45.0 Å². The highest BCUT2D eigenvalue weighted by Gasteiger charge is 2.17. The zero-order valence-corrected chi connectivity index (χ0v) is 37.4. The first-order valence-corrected chi connectivity index (χ1v) is 21.9. The SMILES string of the molecule is Brc1ccc2c(c1)Cc1ccccc1-2.CCOP(OCC)OCC.CCn1c2ccccc2c2ccc(Br)cc21.O=[N+]([O-])c1ccccc1-c1ccc(Br)cc1. The van der Waals surface area contributed by atoms with Gasteiger partial charge in [0, 0.05) is 42.3 Å². The van der Waals surface area contributed by atoms with Gasteiger partial charge in [0.1, 0.15) is 0 Å². The van der Waals surface area contributed by atoms with Crippen LogP contribution in [0.3, 0.4) is 0 Å². The number of fused-ring (bicyclic) bond motifs is 6. The third-order valence-electron chi connectivity index (χ3n) is 8.77. The van der Waals surface area contributed by atoms with Crippen molar-refractivity contribution < 1.29 is 18.5 Å². The average molecular weight is 964 g/mol. The molecule has 1 aliphatic carbocycles. The minimum Gasteiger partial charge on any atom is -0.341 e. The van der Waals surface area contributed by atoms with Gasteiger partial charge in [-0.3, -0.25) is 10.1 Å². The maximum absolute atomic E-state index is 10.9. The molecule has 0 fully saturated rings. The van der Waals surface area contributed by atoms with Gasteiger partial charge < -0.3 is 18.1 Å². The Morgan fingerprint density at radius 3 is 1.79 bits per heavy atom. The molecular formula is C45H44Br3N2O5P. The first-order chi connectivity index (χ1) is 27.2. The van der Waals surface area contributed by atoms with E-state index < -0.39 is 8.60 Å². The summed E-state index contributed by atoms with van der Waals surface area (Å²) in [5.41, 5.74) is 9.90. The summed E-state index contributed by atoms with van der Waals surface area (Å²) < 4.78 is 21.0. The van der Waals surface area contributed by atoms with E-state index in [2.05, 4.69) is 144 Å². The monoisotopic (exact) mass is 960 g/mol. The molecule has 8 rings (SSSR count). The molecule has 0 N–H and O–H groups in total. The zero-order valence-electron chi connectivity index (χ0n) is 31.8. The van der Waals surface area contributed by atoms with Crippen LogP contribution in [-0.2, 0) is 26.5 Å². The van der Waals surface area contributed by atoms with E-state index >= 15 is 0 Å². The molecule has 0 bridgehead atoms. The molecule has 0 amide bonds. The van der Waals surface area contributed by atoms with Crippen molar-refractivity contribution in [3.05, 3.63) is 168 Å². The molecule has 0 saturated heterocycles. The Balaban J connectivity index is 0.000000145. The van der Waals surface area contributed by atoms with Gasteiger partial charge in [-0.2, -0.15) is 0 Å². The number of nitro benzene ring substituents is 1. The second kappa shape index (κ2) is 21.7. The standard InChI is InChI=1S/C14H12BrN.C13H9Br.C12H8BrNO2.C6H15O3P/c1-2-16-13-6-4-3-5-11(13)12-8-7-10(15)9-14(12)16;14-11-5-6-13-10(8-11)7-9-3-1-2-4-12(9)13;13-10-7-5-9(6-8-10)11-3-1-2-4-12(11)14(15)16;1-4-7-10(8-5-2)9-6-3/h3-9H,2H2,1H3;1-6,8H,7H2;1-8H;4-6H2,1-3H3. The summed E-state index contributed by atoms with van der Waals surface area (Å²) in [6.07, 6.45) is 1.07. The maximum Gasteiger partial charge on any atom is 0.332 e. The second-order valence-corrected chi connectivity index (χ2v) is 16.3. The number of hydrogen-bond acceptors (Lipinski definition) is 5. The average Bonchev–Trinajstić information content (AvgIpc) is 3.73. The largest absolute Gasteiger partial charge is 0.341 e. The third kappa shape index (κ3) is 11.2. The van der Waals surface area contributed by atoms with Crippen molar-refractivity contribution in [3.8, 4) is 22.3 Å². The van der Waals surface area contributed by atoms with Crippen LogP contribution in [0.4, 0.5) is 5.69 Å². The molecule has 7 aromatic rings. The first-order valence-electron chi connectivity index (χ1n) is 18.4. The van der Waals surface area contributed by atoms with Gasteiger partial charge in [-0.15, -0.1) is 0 Å². The van der Waals surface area contributed by atoms with Crippen LogP contribution < -0.4 is 0 Å². The molecule has 0 saturated carbocycles. The summed E-state index contributed by atoms with van der Waals surface area (Å²) in [7, 11) is -1.06. The molecule has 11 heteroatoms. The highest BCUT2D eigenvalue weighted by molar-refractivity contribution is 9.11. The summed E-state index contributed by atoms with van der Waals surface area (Å²) in [4.78, 5) is 10.5. The summed E-state index contributed by atoms with van der Waals surface area (Å²) in [6.45, 7) is 10.9. The molecular weight excluding hydrogens is 919 g/mol. The predicted molar refractivity (Wildman–Crippen MR) is 243 cm³/mol. The van der Waals surface area contributed by atoms with Crippen molar-refractivity contribution >= 4 is 83.9 Å². The van der Waals surface area contributed by atoms with Crippen molar-refractivity contribution in [1.29, 1.82) is 0 Å². The van der Waals surface area contributed by atoms with Gasteiger partial charge in [0.05, 0.1) is 35.8 Å². The molecule has 1 heterocycles. The van der Waals surface area contributed by atoms with Crippen molar-refractivity contribution in [3.63, 3.8) is 0 Å². The fraction of sp³-hybridized carbons (Fsp3) is 0.200. The van der Waals surface area contributed by atoms with E-state index in [9.17, 15) is 10.1 Å². The number of benzene rings is 6. The maximum atomic E-state index is 10.9. The Bertz CT molecular complexity index is 2350. The highest BCUT2D eigenvalue weighted by Crippen LogP contribution is 2.39. The van der Waals surface area contributed by atoms with Gasteiger partial charge in [-0.05, 0) is 110 Å². The lowest BCUT2D eigenvalue weighted by molar-refractivity contribution is -0.384. The topological polar surface area (TPSA) is 75.8 Å². The van der Waals surface area contributed by atoms with Crippen LogP contribution in [0, 0.1) is 10.1 Å². The highest BCUT2D eigenvalue weighted by atomic mass is 79.9. The Hall–Kier alpha value is -3.73. The number of aromatic nitrogens is 1. The smallest absolute Gasteiger partial charge is 0.332 e. The quantitative estimate of drug-likeness (QED) is 0.0818. The number of hydrogen-bond donors (Lipinski definition) is 0. The zero-order chi connectivity index (χ0) is 40.0. The molecule has 0 atom stereocenters. The summed E-state index contributed by atoms with van der Waals surface area (Å²) in [5, 5.41) is 13.5.